The average molecular weight is 326 g/mol. The Kier molecular flexibility index (Phi) is 5.72. The van der Waals surface area contributed by atoms with Crippen molar-refractivity contribution in [3.63, 3.8) is 0 Å². The molecular formula is C12H22O10. The highest BCUT2D eigenvalue weighted by atomic mass is 16.7. The summed E-state index contributed by atoms with van der Waals surface area (Å²) >= 11 is 0. The highest BCUT2D eigenvalue weighted by molar-refractivity contribution is 4.92. The van der Waals surface area contributed by atoms with Gasteiger partial charge in [0.1, 0.15) is 42.7 Å². The summed E-state index contributed by atoms with van der Waals surface area (Å²) in [6.45, 7) is 0.803. The Morgan fingerprint density at radius 3 is 2.05 bits per heavy atom. The fourth-order valence-corrected chi connectivity index (χ4v) is 2.50. The Morgan fingerprint density at radius 1 is 0.818 bits per heavy atom. The first kappa shape index (κ1) is 17.9. The van der Waals surface area contributed by atoms with Gasteiger partial charge in [-0.1, -0.05) is 0 Å². The highest BCUT2D eigenvalue weighted by Gasteiger charge is 2.49. The molecule has 7 N–H and O–H groups in total. The van der Waals surface area contributed by atoms with Gasteiger partial charge in [-0.05, 0) is 6.92 Å². The summed E-state index contributed by atoms with van der Waals surface area (Å²) in [5.74, 6) is 0. The van der Waals surface area contributed by atoms with Crippen molar-refractivity contribution in [1.82, 2.24) is 0 Å². The maximum absolute atomic E-state index is 9.92. The molecule has 0 saturated carbocycles. The van der Waals surface area contributed by atoms with Gasteiger partial charge in [0.05, 0.1) is 12.7 Å². The van der Waals surface area contributed by atoms with Crippen molar-refractivity contribution in [3.05, 3.63) is 0 Å². The Bertz CT molecular complexity index is 366. The van der Waals surface area contributed by atoms with Crippen LogP contribution in [-0.4, -0.2) is 104 Å². The van der Waals surface area contributed by atoms with Gasteiger partial charge in [0.15, 0.2) is 12.6 Å². The molecule has 0 bridgehead atoms. The minimum Gasteiger partial charge on any atom is -0.394 e. The molecule has 0 aromatic heterocycles. The molecule has 2 fully saturated rings. The van der Waals surface area contributed by atoms with Gasteiger partial charge in [-0.2, -0.15) is 0 Å². The lowest BCUT2D eigenvalue weighted by atomic mass is 9.98. The molecule has 0 unspecified atom stereocenters. The zero-order valence-corrected chi connectivity index (χ0v) is 11.8. The Morgan fingerprint density at radius 2 is 1.45 bits per heavy atom. The average Bonchev–Trinajstić information content (AvgIpc) is 2.49. The van der Waals surface area contributed by atoms with E-state index < -0.39 is 68.0 Å². The Hall–Kier alpha value is -0.400. The van der Waals surface area contributed by atoms with E-state index in [0.717, 1.165) is 0 Å². The molecule has 0 aromatic carbocycles. The predicted octanol–water partition coefficient (Wildman–Crippen LogP) is -4.37. The van der Waals surface area contributed by atoms with Gasteiger partial charge in [-0.15, -0.1) is 0 Å². The fourth-order valence-electron chi connectivity index (χ4n) is 2.50. The normalized spacial score (nSPS) is 53.5. The van der Waals surface area contributed by atoms with Crippen LogP contribution in [0, 0.1) is 0 Å². The van der Waals surface area contributed by atoms with Crippen molar-refractivity contribution in [2.45, 2.75) is 68.3 Å². The molecule has 130 valence electrons. The Labute approximate surface area is 126 Å². The monoisotopic (exact) mass is 326 g/mol. The van der Waals surface area contributed by atoms with Crippen molar-refractivity contribution in [2.24, 2.45) is 0 Å². The highest BCUT2D eigenvalue weighted by Crippen LogP contribution is 2.28. The lowest BCUT2D eigenvalue weighted by Crippen LogP contribution is -2.63. The molecule has 0 amide bonds. The van der Waals surface area contributed by atoms with Crippen molar-refractivity contribution >= 4 is 0 Å². The summed E-state index contributed by atoms with van der Waals surface area (Å²) in [7, 11) is 0. The molecule has 0 spiro atoms. The van der Waals surface area contributed by atoms with Gasteiger partial charge in [0.25, 0.3) is 0 Å². The summed E-state index contributed by atoms with van der Waals surface area (Å²) < 4.78 is 15.3. The third-order valence-electron chi connectivity index (χ3n) is 3.94. The van der Waals surface area contributed by atoms with Crippen LogP contribution in [0.1, 0.15) is 6.92 Å². The van der Waals surface area contributed by atoms with Crippen LogP contribution in [0.5, 0.6) is 0 Å². The van der Waals surface area contributed by atoms with Crippen LogP contribution in [0.15, 0.2) is 0 Å². The van der Waals surface area contributed by atoms with E-state index in [1.807, 2.05) is 0 Å². The minimum absolute atomic E-state index is 0.642. The van der Waals surface area contributed by atoms with Crippen molar-refractivity contribution in [3.8, 4) is 0 Å². The van der Waals surface area contributed by atoms with Crippen molar-refractivity contribution in [1.29, 1.82) is 0 Å². The molecule has 0 aromatic rings. The second-order valence-electron chi connectivity index (χ2n) is 5.51. The van der Waals surface area contributed by atoms with E-state index in [0.29, 0.717) is 0 Å². The van der Waals surface area contributed by atoms with E-state index in [4.69, 9.17) is 19.3 Å². The van der Waals surface area contributed by atoms with Gasteiger partial charge in [0, 0.05) is 0 Å². The molecule has 2 aliphatic rings. The topological polar surface area (TPSA) is 169 Å². The van der Waals surface area contributed by atoms with Gasteiger partial charge in [-0.25, -0.2) is 0 Å². The van der Waals surface area contributed by atoms with E-state index in [9.17, 15) is 30.6 Å². The molecule has 0 aliphatic carbocycles. The molecule has 2 aliphatic heterocycles. The van der Waals surface area contributed by atoms with E-state index in [2.05, 4.69) is 0 Å². The lowest BCUT2D eigenvalue weighted by molar-refractivity contribution is -0.359. The number of hydrogen-bond donors (Lipinski definition) is 7. The standard InChI is InChI=1S/C12H22O10/c1-3-5(14)8(17)10(11(19)20-3)22-12-9(18)7(16)6(15)4(2-13)21-12/h3-19H,2H2,1H3/t3-,4+,5-,6+,7-,8+,9+,10+,11+,12-/m0/s1. The largest absolute Gasteiger partial charge is 0.394 e. The van der Waals surface area contributed by atoms with E-state index in [-0.39, 0.29) is 0 Å². The lowest BCUT2D eigenvalue weighted by Gasteiger charge is -2.44. The first-order chi connectivity index (χ1) is 10.3. The first-order valence-corrected chi connectivity index (χ1v) is 6.93. The zero-order chi connectivity index (χ0) is 16.6. The van der Waals surface area contributed by atoms with Crippen LogP contribution in [0.3, 0.4) is 0 Å². The fraction of sp³-hybridized carbons (Fsp3) is 1.00. The quantitative estimate of drug-likeness (QED) is 0.269. The third kappa shape index (κ3) is 3.26. The second-order valence-corrected chi connectivity index (χ2v) is 5.51. The van der Waals surface area contributed by atoms with Crippen LogP contribution in [0.2, 0.25) is 0 Å². The maximum atomic E-state index is 9.92. The number of ether oxygens (including phenoxy) is 3. The van der Waals surface area contributed by atoms with Gasteiger partial charge in [0.2, 0.25) is 0 Å². The van der Waals surface area contributed by atoms with Crippen LogP contribution < -0.4 is 0 Å². The van der Waals surface area contributed by atoms with Crippen molar-refractivity contribution in [2.75, 3.05) is 6.61 Å². The van der Waals surface area contributed by atoms with Crippen LogP contribution in [0.25, 0.3) is 0 Å². The summed E-state index contributed by atoms with van der Waals surface area (Å²) in [4.78, 5) is 0. The summed E-state index contributed by atoms with van der Waals surface area (Å²) in [5, 5.41) is 67.6. The smallest absolute Gasteiger partial charge is 0.187 e. The molecule has 10 atom stereocenters. The molecule has 10 nitrogen and oxygen atoms in total. The summed E-state index contributed by atoms with van der Waals surface area (Å²) in [6, 6.07) is 0. The molecule has 2 rings (SSSR count). The number of hydrogen-bond acceptors (Lipinski definition) is 10. The molecular weight excluding hydrogens is 304 g/mol. The van der Waals surface area contributed by atoms with Gasteiger partial charge in [-0.3, -0.25) is 0 Å². The number of aliphatic hydroxyl groups is 7. The zero-order valence-electron chi connectivity index (χ0n) is 11.8. The minimum atomic E-state index is -1.69. The third-order valence-corrected chi connectivity index (χ3v) is 3.94. The van der Waals surface area contributed by atoms with Crippen LogP contribution >= 0.6 is 0 Å². The summed E-state index contributed by atoms with van der Waals surface area (Å²) in [5.41, 5.74) is 0. The van der Waals surface area contributed by atoms with E-state index >= 15 is 0 Å². The molecule has 2 saturated heterocycles. The van der Waals surface area contributed by atoms with E-state index in [1.165, 1.54) is 6.92 Å². The predicted molar refractivity (Wildman–Crippen MR) is 67.2 cm³/mol. The molecule has 0 radical (unpaired) electrons. The van der Waals surface area contributed by atoms with Crippen LogP contribution in [-0.2, 0) is 14.2 Å². The summed E-state index contributed by atoms with van der Waals surface area (Å²) in [6.07, 6.45) is -14.4. The Balaban J connectivity index is 2.08. The van der Waals surface area contributed by atoms with E-state index in [1.54, 1.807) is 0 Å². The molecule has 10 heteroatoms. The van der Waals surface area contributed by atoms with Crippen molar-refractivity contribution < 1.29 is 50.0 Å². The molecule has 2 heterocycles. The van der Waals surface area contributed by atoms with Crippen LogP contribution in [0.4, 0.5) is 0 Å². The second kappa shape index (κ2) is 7.01. The van der Waals surface area contributed by atoms with Gasteiger partial charge >= 0.3 is 0 Å². The number of aliphatic hydroxyl groups excluding tert-OH is 7. The van der Waals surface area contributed by atoms with Gasteiger partial charge < -0.3 is 50.0 Å². The SMILES string of the molecule is C[C@@H]1O[C@@H](O)[C@H](O[C@@H]2O[C@H](CO)[C@@H](O)[C@H](O)[C@H]2O)[C@H](O)[C@H]1O. The maximum Gasteiger partial charge on any atom is 0.187 e. The molecule has 22 heavy (non-hydrogen) atoms. The first-order valence-electron chi connectivity index (χ1n) is 6.93. The number of rotatable bonds is 3.